The van der Waals surface area contributed by atoms with E-state index in [1.54, 1.807) is 12.1 Å². The average molecular weight is 452 g/mol. The number of para-hydroxylation sites is 1. The second kappa shape index (κ2) is 10.0. The number of aryl methyl sites for hydroxylation is 1. The van der Waals surface area contributed by atoms with Crippen LogP contribution in [0.2, 0.25) is 0 Å². The van der Waals surface area contributed by atoms with Crippen molar-refractivity contribution >= 4 is 28.2 Å². The van der Waals surface area contributed by atoms with Gasteiger partial charge in [-0.1, -0.05) is 42.5 Å². The Hall–Kier alpha value is -3.74. The molecule has 6 heteroatoms. The van der Waals surface area contributed by atoms with Crippen molar-refractivity contribution in [2.45, 2.75) is 18.9 Å². The van der Waals surface area contributed by atoms with E-state index in [0.717, 1.165) is 66.0 Å². The molecule has 1 unspecified atom stereocenters. The summed E-state index contributed by atoms with van der Waals surface area (Å²) in [6.07, 6.45) is 2.19. The summed E-state index contributed by atoms with van der Waals surface area (Å²) in [6, 6.07) is 26.6. The van der Waals surface area contributed by atoms with Crippen molar-refractivity contribution in [2.24, 2.45) is 5.73 Å². The number of aromatic nitrogens is 1. The van der Waals surface area contributed by atoms with Crippen LogP contribution in [0.5, 0.6) is 0 Å². The van der Waals surface area contributed by atoms with Crippen molar-refractivity contribution in [3.05, 3.63) is 90.0 Å². The van der Waals surface area contributed by atoms with Gasteiger partial charge in [-0.25, -0.2) is 4.98 Å². The van der Waals surface area contributed by atoms with Crippen molar-refractivity contribution in [3.8, 4) is 11.3 Å². The topological polar surface area (TPSA) is 92.1 Å². The molecule has 6 nitrogen and oxygen atoms in total. The van der Waals surface area contributed by atoms with E-state index < -0.39 is 5.91 Å². The molecular weight excluding hydrogens is 422 g/mol. The number of nitrogens with zero attached hydrogens (tertiary/aromatic N) is 1. The number of benzene rings is 3. The van der Waals surface area contributed by atoms with Gasteiger partial charge in [0.1, 0.15) is 0 Å². The highest BCUT2D eigenvalue weighted by Crippen LogP contribution is 2.30. The van der Waals surface area contributed by atoms with Crippen LogP contribution in [-0.2, 0) is 6.42 Å². The van der Waals surface area contributed by atoms with Crippen LogP contribution < -0.4 is 21.7 Å². The SMILES string of the molecule is NC(=O)c1ccc(-c2cc(Nc3ccc(CCC4CNCCN4)cc3)c3ccccc3n2)cc1. The van der Waals surface area contributed by atoms with Crippen LogP contribution in [0.3, 0.4) is 0 Å². The molecule has 0 aliphatic carbocycles. The van der Waals surface area contributed by atoms with Crippen LogP contribution in [0.4, 0.5) is 11.4 Å². The van der Waals surface area contributed by atoms with E-state index >= 15 is 0 Å². The Bertz CT molecular complexity index is 1280. The lowest BCUT2D eigenvalue weighted by atomic mass is 10.0. The zero-order valence-electron chi connectivity index (χ0n) is 19.1. The van der Waals surface area contributed by atoms with Crippen LogP contribution in [0.1, 0.15) is 22.3 Å². The summed E-state index contributed by atoms with van der Waals surface area (Å²) in [5.41, 5.74) is 11.9. The molecule has 0 spiro atoms. The molecule has 1 saturated heterocycles. The van der Waals surface area contributed by atoms with Gasteiger partial charge >= 0.3 is 0 Å². The molecule has 0 saturated carbocycles. The zero-order chi connectivity index (χ0) is 23.3. The summed E-state index contributed by atoms with van der Waals surface area (Å²) >= 11 is 0. The number of amides is 1. The predicted octanol–water partition coefficient (Wildman–Crippen LogP) is 4.24. The first-order chi connectivity index (χ1) is 16.7. The molecule has 5 rings (SSSR count). The fourth-order valence-corrected chi connectivity index (χ4v) is 4.40. The number of hydrogen-bond donors (Lipinski definition) is 4. The molecule has 1 aliphatic heterocycles. The Morgan fingerprint density at radius 2 is 1.79 bits per heavy atom. The number of anilines is 2. The van der Waals surface area contributed by atoms with E-state index in [1.807, 2.05) is 30.3 Å². The minimum atomic E-state index is -0.435. The van der Waals surface area contributed by atoms with Crippen molar-refractivity contribution in [1.29, 1.82) is 0 Å². The lowest BCUT2D eigenvalue weighted by Crippen LogP contribution is -2.48. The summed E-state index contributed by atoms with van der Waals surface area (Å²) in [5.74, 6) is -0.435. The van der Waals surface area contributed by atoms with Gasteiger partial charge in [-0.2, -0.15) is 0 Å². The molecule has 1 fully saturated rings. The molecule has 1 aromatic heterocycles. The maximum absolute atomic E-state index is 11.4. The van der Waals surface area contributed by atoms with Crippen molar-refractivity contribution in [1.82, 2.24) is 15.6 Å². The number of nitrogens with two attached hydrogens (primary N) is 1. The first kappa shape index (κ1) is 22.1. The number of hydrogen-bond acceptors (Lipinski definition) is 5. The Balaban J connectivity index is 1.36. The van der Waals surface area contributed by atoms with E-state index in [0.29, 0.717) is 11.6 Å². The number of rotatable bonds is 7. The van der Waals surface area contributed by atoms with Crippen LogP contribution in [-0.4, -0.2) is 36.6 Å². The third-order valence-electron chi connectivity index (χ3n) is 6.32. The van der Waals surface area contributed by atoms with Gasteiger partial charge in [0, 0.05) is 47.9 Å². The third kappa shape index (κ3) is 5.09. The van der Waals surface area contributed by atoms with E-state index in [-0.39, 0.29) is 0 Å². The summed E-state index contributed by atoms with van der Waals surface area (Å²) in [6.45, 7) is 3.15. The molecule has 34 heavy (non-hydrogen) atoms. The molecule has 4 aromatic rings. The maximum atomic E-state index is 11.4. The van der Waals surface area contributed by atoms with Gasteiger partial charge in [0.05, 0.1) is 16.9 Å². The molecule has 1 atom stereocenters. The highest BCUT2D eigenvalue weighted by molar-refractivity contribution is 5.96. The highest BCUT2D eigenvalue weighted by atomic mass is 16.1. The molecule has 3 aromatic carbocycles. The Morgan fingerprint density at radius 1 is 1.00 bits per heavy atom. The number of fused-ring (bicyclic) bond motifs is 1. The normalized spacial score (nSPS) is 15.8. The van der Waals surface area contributed by atoms with Gasteiger partial charge in [-0.3, -0.25) is 4.79 Å². The number of pyridine rings is 1. The lowest BCUT2D eigenvalue weighted by Gasteiger charge is -2.24. The largest absolute Gasteiger partial charge is 0.366 e. The van der Waals surface area contributed by atoms with E-state index in [2.05, 4.69) is 52.3 Å². The van der Waals surface area contributed by atoms with Gasteiger partial charge in [0.15, 0.2) is 0 Å². The minimum Gasteiger partial charge on any atom is -0.366 e. The van der Waals surface area contributed by atoms with Crippen LogP contribution in [0.15, 0.2) is 78.9 Å². The molecule has 5 N–H and O–H groups in total. The van der Waals surface area contributed by atoms with Crippen molar-refractivity contribution < 1.29 is 4.79 Å². The summed E-state index contributed by atoms with van der Waals surface area (Å²) in [4.78, 5) is 16.3. The van der Waals surface area contributed by atoms with Crippen LogP contribution in [0, 0.1) is 0 Å². The molecule has 0 bridgehead atoms. The van der Waals surface area contributed by atoms with E-state index in [9.17, 15) is 4.79 Å². The van der Waals surface area contributed by atoms with Gasteiger partial charge in [-0.05, 0) is 54.8 Å². The molecule has 0 radical (unpaired) electrons. The second-order valence-electron chi connectivity index (χ2n) is 8.73. The number of nitrogens with one attached hydrogen (secondary N) is 3. The van der Waals surface area contributed by atoms with Crippen LogP contribution in [0.25, 0.3) is 22.2 Å². The first-order valence-corrected chi connectivity index (χ1v) is 11.8. The minimum absolute atomic E-state index is 0.435. The molecule has 1 amide bonds. The number of primary amides is 1. The summed E-state index contributed by atoms with van der Waals surface area (Å²) < 4.78 is 0. The Morgan fingerprint density at radius 3 is 2.53 bits per heavy atom. The monoisotopic (exact) mass is 451 g/mol. The molecule has 1 aliphatic rings. The standard InChI is InChI=1S/C28H29N5O/c29-28(34)21-10-8-20(9-11-21)26-17-27(24-3-1-2-4-25(24)33-26)32-22-12-5-19(6-13-22)7-14-23-18-30-15-16-31-23/h1-6,8-13,17,23,30-31H,7,14-16,18H2,(H2,29,34)(H,32,33). The lowest BCUT2D eigenvalue weighted by molar-refractivity contribution is 0.100. The van der Waals surface area contributed by atoms with E-state index in [4.69, 9.17) is 10.7 Å². The fourth-order valence-electron chi connectivity index (χ4n) is 4.40. The van der Waals surface area contributed by atoms with Gasteiger partial charge in [-0.15, -0.1) is 0 Å². The van der Waals surface area contributed by atoms with Crippen LogP contribution >= 0.6 is 0 Å². The zero-order valence-corrected chi connectivity index (χ0v) is 19.1. The third-order valence-corrected chi connectivity index (χ3v) is 6.32. The average Bonchev–Trinajstić information content (AvgIpc) is 2.89. The predicted molar refractivity (Wildman–Crippen MR) is 138 cm³/mol. The number of carbonyl (C=O) groups is 1. The fraction of sp³-hybridized carbons (Fsp3) is 0.214. The quantitative estimate of drug-likeness (QED) is 0.337. The maximum Gasteiger partial charge on any atom is 0.248 e. The first-order valence-electron chi connectivity index (χ1n) is 11.8. The number of carbonyl (C=O) groups excluding carboxylic acids is 1. The van der Waals surface area contributed by atoms with Gasteiger partial charge in [0.2, 0.25) is 5.91 Å². The summed E-state index contributed by atoms with van der Waals surface area (Å²) in [7, 11) is 0. The van der Waals surface area contributed by atoms with Crippen molar-refractivity contribution in [3.63, 3.8) is 0 Å². The van der Waals surface area contributed by atoms with Gasteiger partial charge in [0.25, 0.3) is 0 Å². The molecule has 172 valence electrons. The smallest absolute Gasteiger partial charge is 0.248 e. The molecule has 2 heterocycles. The van der Waals surface area contributed by atoms with Gasteiger partial charge < -0.3 is 21.7 Å². The molecular formula is C28H29N5O. The van der Waals surface area contributed by atoms with E-state index in [1.165, 1.54) is 5.56 Å². The highest BCUT2D eigenvalue weighted by Gasteiger charge is 2.12. The second-order valence-corrected chi connectivity index (χ2v) is 8.73. The van der Waals surface area contributed by atoms with Crippen molar-refractivity contribution in [2.75, 3.05) is 25.0 Å². The Labute approximate surface area is 199 Å². The Kier molecular flexibility index (Phi) is 6.51. The number of piperazine rings is 1. The summed E-state index contributed by atoms with van der Waals surface area (Å²) in [5, 5.41) is 11.7.